The zero-order valence-corrected chi connectivity index (χ0v) is 40.6. The number of nitrogens with zero attached hydrogens (tertiary/aromatic N) is 6. The molecule has 0 spiro atoms. The smallest absolute Gasteiger partial charge is 0.413 e. The number of benzene rings is 1. The molecule has 2 fully saturated rings. The van der Waals surface area contributed by atoms with Crippen LogP contribution in [0.5, 0.6) is 0 Å². The molecule has 65 heavy (non-hydrogen) atoms. The number of hydrogen-bond acceptors (Lipinski definition) is 15. The minimum absolute atomic E-state index is 0.150. The van der Waals surface area contributed by atoms with Crippen molar-refractivity contribution in [2.24, 2.45) is 0 Å². The van der Waals surface area contributed by atoms with Crippen molar-refractivity contribution in [3.63, 3.8) is 0 Å². The van der Waals surface area contributed by atoms with E-state index in [-0.39, 0.29) is 18.8 Å². The molecule has 1 aromatic carbocycles. The number of anilines is 1. The number of esters is 1. The fraction of sp³-hybridized carbons (Fsp3) is 0.674. The summed E-state index contributed by atoms with van der Waals surface area (Å²) in [6.07, 6.45) is -0.872. The molecule has 0 unspecified atom stereocenters. The number of carbonyl (C=O) groups excluding carboxylic acids is 4. The highest BCUT2D eigenvalue weighted by atomic mass is 16.8. The van der Waals surface area contributed by atoms with Crippen molar-refractivity contribution in [1.29, 1.82) is 0 Å². The molecular weight excluding hydrogens is 841 g/mol. The summed E-state index contributed by atoms with van der Waals surface area (Å²) in [6, 6.07) is 8.64. The van der Waals surface area contributed by atoms with E-state index in [2.05, 4.69) is 30.5 Å². The zero-order valence-electron chi connectivity index (χ0n) is 40.6. The minimum Gasteiger partial charge on any atom is -0.458 e. The lowest BCUT2D eigenvalue weighted by atomic mass is 10.1. The highest BCUT2D eigenvalue weighted by Gasteiger charge is 2.56. The summed E-state index contributed by atoms with van der Waals surface area (Å²) in [4.78, 5) is 70.1. The van der Waals surface area contributed by atoms with Crippen molar-refractivity contribution >= 4 is 41.2 Å². The van der Waals surface area contributed by atoms with Gasteiger partial charge in [0.2, 0.25) is 0 Å². The normalized spacial score (nSPS) is 20.2. The maximum atomic E-state index is 13.7. The molecule has 3 amide bonds. The van der Waals surface area contributed by atoms with E-state index < -0.39 is 83.0 Å². The monoisotopic (exact) mass is 911 g/mol. The van der Waals surface area contributed by atoms with E-state index in [0.29, 0.717) is 43.8 Å². The molecule has 4 heterocycles. The first-order valence-electron chi connectivity index (χ1n) is 22.2. The highest BCUT2D eigenvalue weighted by molar-refractivity contribution is 5.93. The van der Waals surface area contributed by atoms with Crippen LogP contribution in [0.25, 0.3) is 11.2 Å². The third-order valence-corrected chi connectivity index (χ3v) is 9.70. The molecule has 3 aromatic rings. The molecule has 0 aliphatic carbocycles. The van der Waals surface area contributed by atoms with Crippen molar-refractivity contribution in [3.05, 3.63) is 48.5 Å². The first kappa shape index (κ1) is 50.9. The topological polar surface area (TPSA) is 207 Å². The lowest BCUT2D eigenvalue weighted by molar-refractivity contribution is -0.198. The van der Waals surface area contributed by atoms with Gasteiger partial charge in [0.15, 0.2) is 29.0 Å². The number of hydrogen-bond donors (Lipinski definition) is 2. The van der Waals surface area contributed by atoms with Gasteiger partial charge in [0.1, 0.15) is 53.1 Å². The Hall–Kier alpha value is -5.11. The highest BCUT2D eigenvalue weighted by Crippen LogP contribution is 2.44. The van der Waals surface area contributed by atoms with Crippen LogP contribution < -0.4 is 10.6 Å². The Morgan fingerprint density at radius 1 is 0.769 bits per heavy atom. The second-order valence-corrected chi connectivity index (χ2v) is 20.9. The Labute approximate surface area is 382 Å². The number of rotatable bonds is 15. The SMILES string of the molecule is CC(C)(C)OC(=O)Nc1ncnc2c1ncn2[C@@H]1O[C@H](CN(CCCN(Cc2ccccc2)C(=O)OC(C)(C)C)CC[C@H](NC(=O)OC(C)(C)C)C(=O)OC(C)(C)C)[C@H]2OC(C)(C)O[C@H]21. The molecule has 19 heteroatoms. The molecule has 2 aliphatic rings. The Morgan fingerprint density at radius 2 is 1.38 bits per heavy atom. The molecule has 2 aliphatic heterocycles. The van der Waals surface area contributed by atoms with Gasteiger partial charge < -0.3 is 48.3 Å². The summed E-state index contributed by atoms with van der Waals surface area (Å²) < 4.78 is 44.1. The number of amides is 3. The lowest BCUT2D eigenvalue weighted by Gasteiger charge is -2.32. The molecule has 5 rings (SSSR count). The molecule has 2 saturated heterocycles. The van der Waals surface area contributed by atoms with Crippen LogP contribution in [0.3, 0.4) is 0 Å². The summed E-state index contributed by atoms with van der Waals surface area (Å²) in [5.41, 5.74) is -1.41. The first-order chi connectivity index (χ1) is 30.0. The summed E-state index contributed by atoms with van der Waals surface area (Å²) in [7, 11) is 0. The van der Waals surface area contributed by atoms with Crippen LogP contribution in [0, 0.1) is 0 Å². The van der Waals surface area contributed by atoms with E-state index in [9.17, 15) is 19.2 Å². The van der Waals surface area contributed by atoms with Gasteiger partial charge in [0.25, 0.3) is 0 Å². The Bertz CT molecular complexity index is 2100. The maximum Gasteiger partial charge on any atom is 0.413 e. The van der Waals surface area contributed by atoms with Crippen molar-refractivity contribution < 1.29 is 52.3 Å². The van der Waals surface area contributed by atoms with Gasteiger partial charge in [-0.05, 0) is 122 Å². The van der Waals surface area contributed by atoms with Crippen LogP contribution in [-0.2, 0) is 44.5 Å². The van der Waals surface area contributed by atoms with Crippen LogP contribution in [0.15, 0.2) is 43.0 Å². The van der Waals surface area contributed by atoms with E-state index >= 15 is 0 Å². The quantitative estimate of drug-likeness (QED) is 0.113. The number of imidazole rings is 1. The van der Waals surface area contributed by atoms with Gasteiger partial charge in [-0.3, -0.25) is 9.88 Å². The summed E-state index contributed by atoms with van der Waals surface area (Å²) >= 11 is 0. The Morgan fingerprint density at radius 3 is 2.02 bits per heavy atom. The predicted molar refractivity (Wildman–Crippen MR) is 241 cm³/mol. The van der Waals surface area contributed by atoms with Gasteiger partial charge in [-0.25, -0.2) is 34.1 Å². The molecule has 360 valence electrons. The van der Waals surface area contributed by atoms with Gasteiger partial charge in [0, 0.05) is 26.2 Å². The van der Waals surface area contributed by atoms with E-state index in [1.807, 2.05) is 65.0 Å². The first-order valence-corrected chi connectivity index (χ1v) is 22.2. The molecule has 5 atom stereocenters. The van der Waals surface area contributed by atoms with E-state index in [0.717, 1.165) is 5.56 Å². The summed E-state index contributed by atoms with van der Waals surface area (Å²) in [5, 5.41) is 5.41. The van der Waals surface area contributed by atoms with E-state index in [1.54, 1.807) is 78.1 Å². The molecule has 2 N–H and O–H groups in total. The molecule has 0 saturated carbocycles. The second-order valence-electron chi connectivity index (χ2n) is 20.9. The van der Waals surface area contributed by atoms with Crippen LogP contribution in [-0.4, -0.2) is 132 Å². The van der Waals surface area contributed by atoms with Crippen LogP contribution in [0.2, 0.25) is 0 Å². The fourth-order valence-electron chi connectivity index (χ4n) is 7.34. The largest absolute Gasteiger partial charge is 0.458 e. The van der Waals surface area contributed by atoms with Gasteiger partial charge in [0.05, 0.1) is 6.33 Å². The standard InChI is InChI=1S/C46H70N8O11/c1-42(2,3)62-38(55)30(50-39(56)63-43(4,5)6)21-24-52(22-18-23-53(41(58)65-45(10,11)12)25-29-19-16-15-17-20-29)26-31-33-34(61-46(13,14)60-33)37(59-31)54-28-49-32-35(47-27-48-36(32)54)51-40(57)64-44(7,8)9/h15-17,19-20,27-28,30-31,33-34,37H,18,21-26H2,1-14H3,(H,50,56)(H,47,48,51,57)/t30-,31+,33+,34+,37+/m0/s1. The molecule has 0 bridgehead atoms. The third kappa shape index (κ3) is 15.5. The van der Waals surface area contributed by atoms with E-state index in [1.165, 1.54) is 6.33 Å². The summed E-state index contributed by atoms with van der Waals surface area (Å²) in [6.45, 7) is 26.7. The van der Waals surface area contributed by atoms with Crippen molar-refractivity contribution in [3.8, 4) is 0 Å². The Balaban J connectivity index is 1.43. The molecule has 19 nitrogen and oxygen atoms in total. The lowest BCUT2D eigenvalue weighted by Crippen LogP contribution is -2.48. The predicted octanol–water partition coefficient (Wildman–Crippen LogP) is 7.35. The van der Waals surface area contributed by atoms with Crippen LogP contribution >= 0.6 is 0 Å². The average Bonchev–Trinajstić information content (AvgIpc) is 3.81. The number of alkyl carbamates (subject to hydrolysis) is 1. The van der Waals surface area contributed by atoms with Crippen LogP contribution in [0.1, 0.15) is 122 Å². The third-order valence-electron chi connectivity index (χ3n) is 9.70. The maximum absolute atomic E-state index is 13.7. The zero-order chi connectivity index (χ0) is 48.1. The minimum atomic E-state index is -1.06. The number of nitrogens with one attached hydrogen (secondary N) is 2. The van der Waals surface area contributed by atoms with Gasteiger partial charge in [-0.1, -0.05) is 30.3 Å². The molecule has 2 aromatic heterocycles. The number of fused-ring (bicyclic) bond motifs is 2. The molecule has 0 radical (unpaired) electrons. The number of ether oxygens (including phenoxy) is 7. The van der Waals surface area contributed by atoms with Gasteiger partial charge >= 0.3 is 24.2 Å². The van der Waals surface area contributed by atoms with Gasteiger partial charge in [-0.2, -0.15) is 0 Å². The molecular formula is C46H70N8O11. The van der Waals surface area contributed by atoms with Gasteiger partial charge in [-0.15, -0.1) is 0 Å². The Kier molecular flexibility index (Phi) is 15.8. The fourth-order valence-corrected chi connectivity index (χ4v) is 7.34. The average molecular weight is 911 g/mol. The van der Waals surface area contributed by atoms with Crippen LogP contribution in [0.4, 0.5) is 20.2 Å². The van der Waals surface area contributed by atoms with Crippen molar-refractivity contribution in [2.45, 2.75) is 175 Å². The summed E-state index contributed by atoms with van der Waals surface area (Å²) in [5.74, 6) is -1.42. The van der Waals surface area contributed by atoms with Crippen molar-refractivity contribution in [1.82, 2.24) is 34.6 Å². The number of carbonyl (C=O) groups is 4. The van der Waals surface area contributed by atoms with Crippen molar-refractivity contribution in [2.75, 3.05) is 31.5 Å². The number of aromatic nitrogens is 4. The van der Waals surface area contributed by atoms with E-state index in [4.69, 9.17) is 33.2 Å². The second kappa shape index (κ2) is 20.2.